The molecule has 6 nitrogen and oxygen atoms in total. The van der Waals surface area contributed by atoms with Crippen molar-refractivity contribution in [2.75, 3.05) is 32.7 Å². The smallest absolute Gasteiger partial charge is 0.281 e. The summed E-state index contributed by atoms with van der Waals surface area (Å²) in [6.45, 7) is 7.02. The highest BCUT2D eigenvalue weighted by molar-refractivity contribution is 7.86. The molecule has 2 aliphatic heterocycles. The average molecular weight is 360 g/mol. The summed E-state index contributed by atoms with van der Waals surface area (Å²) < 4.78 is 28.9. The molecular weight excluding hydrogens is 326 g/mol. The molecule has 1 atom stereocenters. The highest BCUT2D eigenvalue weighted by atomic mass is 32.2. The van der Waals surface area contributed by atoms with Gasteiger partial charge in [-0.1, -0.05) is 26.7 Å². The molecule has 2 fully saturated rings. The van der Waals surface area contributed by atoms with Crippen molar-refractivity contribution in [2.24, 2.45) is 11.8 Å². The molecule has 140 valence electrons. The summed E-state index contributed by atoms with van der Waals surface area (Å²) in [5, 5.41) is 2.97. The van der Waals surface area contributed by atoms with E-state index in [1.807, 2.05) is 0 Å². The van der Waals surface area contributed by atoms with Gasteiger partial charge in [-0.3, -0.25) is 4.79 Å². The third-order valence-corrected chi connectivity index (χ3v) is 7.00. The molecular formula is C17H33N3O3S. The zero-order valence-electron chi connectivity index (χ0n) is 15.2. The molecule has 0 aromatic heterocycles. The molecule has 7 heteroatoms. The Morgan fingerprint density at radius 3 is 2.29 bits per heavy atom. The van der Waals surface area contributed by atoms with Gasteiger partial charge in [0.2, 0.25) is 5.91 Å². The Bertz CT molecular complexity index is 499. The first kappa shape index (κ1) is 19.7. The normalized spacial score (nSPS) is 24.7. The minimum Gasteiger partial charge on any atom is -0.356 e. The van der Waals surface area contributed by atoms with Crippen LogP contribution >= 0.6 is 0 Å². The fraction of sp³-hybridized carbons (Fsp3) is 0.941. The van der Waals surface area contributed by atoms with E-state index in [0.717, 1.165) is 44.9 Å². The minimum atomic E-state index is -3.42. The van der Waals surface area contributed by atoms with Gasteiger partial charge in [0.15, 0.2) is 0 Å². The van der Waals surface area contributed by atoms with Crippen LogP contribution in [0, 0.1) is 11.8 Å². The molecule has 0 bridgehead atoms. The van der Waals surface area contributed by atoms with Crippen LogP contribution < -0.4 is 5.32 Å². The fourth-order valence-corrected chi connectivity index (χ4v) is 5.20. The predicted molar refractivity (Wildman–Crippen MR) is 95.7 cm³/mol. The number of hydrogen-bond acceptors (Lipinski definition) is 3. The molecule has 0 saturated carbocycles. The Balaban J connectivity index is 1.92. The van der Waals surface area contributed by atoms with Crippen molar-refractivity contribution in [1.82, 2.24) is 13.9 Å². The van der Waals surface area contributed by atoms with Gasteiger partial charge in [-0.05, 0) is 38.0 Å². The second-order valence-corrected chi connectivity index (χ2v) is 9.42. The Kier molecular flexibility index (Phi) is 7.50. The van der Waals surface area contributed by atoms with Gasteiger partial charge in [-0.15, -0.1) is 0 Å². The van der Waals surface area contributed by atoms with Crippen LogP contribution in [0.1, 0.15) is 58.8 Å². The zero-order valence-corrected chi connectivity index (χ0v) is 16.0. The molecule has 1 amide bonds. The highest BCUT2D eigenvalue weighted by Gasteiger charge is 2.35. The van der Waals surface area contributed by atoms with E-state index in [1.54, 1.807) is 4.31 Å². The van der Waals surface area contributed by atoms with Crippen molar-refractivity contribution >= 4 is 16.1 Å². The van der Waals surface area contributed by atoms with Crippen molar-refractivity contribution in [3.8, 4) is 0 Å². The number of hydrogen-bond donors (Lipinski definition) is 1. The summed E-state index contributed by atoms with van der Waals surface area (Å²) >= 11 is 0. The lowest BCUT2D eigenvalue weighted by Gasteiger charge is -2.34. The van der Waals surface area contributed by atoms with Crippen molar-refractivity contribution in [2.45, 2.75) is 58.8 Å². The maximum absolute atomic E-state index is 12.9. The maximum atomic E-state index is 12.9. The topological polar surface area (TPSA) is 69.7 Å². The number of amides is 1. The molecule has 0 aromatic rings. The second-order valence-electron chi connectivity index (χ2n) is 7.49. The van der Waals surface area contributed by atoms with E-state index < -0.39 is 10.2 Å². The first-order valence-electron chi connectivity index (χ1n) is 9.44. The first-order chi connectivity index (χ1) is 11.4. The predicted octanol–water partition coefficient (Wildman–Crippen LogP) is 1.98. The van der Waals surface area contributed by atoms with Gasteiger partial charge in [0.1, 0.15) is 0 Å². The summed E-state index contributed by atoms with van der Waals surface area (Å²) in [6, 6.07) is 0. The lowest BCUT2D eigenvalue weighted by atomic mass is 9.98. The fourth-order valence-electron chi connectivity index (χ4n) is 3.43. The van der Waals surface area contributed by atoms with Crippen LogP contribution in [0.3, 0.4) is 0 Å². The second kappa shape index (κ2) is 9.15. The number of carbonyl (C=O) groups is 1. The largest absolute Gasteiger partial charge is 0.356 e. The SMILES string of the molecule is CC(C)CCNC(=O)[C@H]1CCCN(S(=O)(=O)N2CCCCCC2)C1. The number of nitrogens with one attached hydrogen (secondary N) is 1. The lowest BCUT2D eigenvalue weighted by molar-refractivity contribution is -0.126. The maximum Gasteiger partial charge on any atom is 0.281 e. The quantitative estimate of drug-likeness (QED) is 0.788. The van der Waals surface area contributed by atoms with E-state index in [4.69, 9.17) is 0 Å². The van der Waals surface area contributed by atoms with Gasteiger partial charge in [-0.25, -0.2) is 0 Å². The van der Waals surface area contributed by atoms with Crippen molar-refractivity contribution in [1.29, 1.82) is 0 Å². The summed E-state index contributed by atoms with van der Waals surface area (Å²) in [4.78, 5) is 12.3. The number of rotatable bonds is 6. The molecule has 24 heavy (non-hydrogen) atoms. The third kappa shape index (κ3) is 5.43. The summed E-state index contributed by atoms with van der Waals surface area (Å²) in [5.41, 5.74) is 0. The van der Waals surface area contributed by atoms with Gasteiger partial charge >= 0.3 is 0 Å². The molecule has 0 aliphatic carbocycles. The molecule has 2 heterocycles. The van der Waals surface area contributed by atoms with Crippen LogP contribution in [0.2, 0.25) is 0 Å². The van der Waals surface area contributed by atoms with Crippen molar-refractivity contribution in [3.63, 3.8) is 0 Å². The van der Waals surface area contributed by atoms with Crippen molar-refractivity contribution < 1.29 is 13.2 Å². The molecule has 2 aliphatic rings. The van der Waals surface area contributed by atoms with E-state index in [1.165, 1.54) is 4.31 Å². The average Bonchev–Trinajstić information content (AvgIpc) is 2.84. The van der Waals surface area contributed by atoms with Crippen LogP contribution in [-0.4, -0.2) is 55.7 Å². The zero-order chi connectivity index (χ0) is 17.6. The first-order valence-corrected chi connectivity index (χ1v) is 10.8. The molecule has 2 rings (SSSR count). The highest BCUT2D eigenvalue weighted by Crippen LogP contribution is 2.23. The molecule has 0 unspecified atom stereocenters. The minimum absolute atomic E-state index is 0.00594. The van der Waals surface area contributed by atoms with E-state index in [9.17, 15) is 13.2 Å². The van der Waals surface area contributed by atoms with Gasteiger partial charge in [-0.2, -0.15) is 17.0 Å². The Morgan fingerprint density at radius 2 is 1.67 bits per heavy atom. The van der Waals surface area contributed by atoms with E-state index in [0.29, 0.717) is 38.6 Å². The molecule has 1 N–H and O–H groups in total. The standard InChI is InChI=1S/C17H33N3O3S/c1-15(2)9-10-18-17(21)16-8-7-13-20(14-16)24(22,23)19-11-5-3-4-6-12-19/h15-16H,3-14H2,1-2H3,(H,18,21)/t16-/m0/s1. The number of carbonyl (C=O) groups excluding carboxylic acids is 1. The monoisotopic (exact) mass is 359 g/mol. The summed E-state index contributed by atoms with van der Waals surface area (Å²) in [5.74, 6) is 0.343. The van der Waals surface area contributed by atoms with E-state index in [2.05, 4.69) is 19.2 Å². The van der Waals surface area contributed by atoms with Crippen LogP contribution in [0.25, 0.3) is 0 Å². The van der Waals surface area contributed by atoms with Crippen LogP contribution in [-0.2, 0) is 15.0 Å². The number of piperidine rings is 1. The number of nitrogens with zero attached hydrogens (tertiary/aromatic N) is 2. The summed E-state index contributed by atoms with van der Waals surface area (Å²) in [7, 11) is -3.42. The van der Waals surface area contributed by atoms with Gasteiger partial charge in [0.25, 0.3) is 10.2 Å². The van der Waals surface area contributed by atoms with Gasteiger partial charge in [0.05, 0.1) is 5.92 Å². The van der Waals surface area contributed by atoms with E-state index >= 15 is 0 Å². The molecule has 2 saturated heterocycles. The van der Waals surface area contributed by atoms with Gasteiger partial charge < -0.3 is 5.32 Å². The summed E-state index contributed by atoms with van der Waals surface area (Å²) in [6.07, 6.45) is 6.57. The lowest BCUT2D eigenvalue weighted by Crippen LogP contribution is -2.50. The Hall–Kier alpha value is -0.660. The van der Waals surface area contributed by atoms with E-state index in [-0.39, 0.29) is 11.8 Å². The van der Waals surface area contributed by atoms with Gasteiger partial charge in [0, 0.05) is 32.7 Å². The van der Waals surface area contributed by atoms with Crippen LogP contribution in [0.15, 0.2) is 0 Å². The van der Waals surface area contributed by atoms with Crippen molar-refractivity contribution in [3.05, 3.63) is 0 Å². The third-order valence-electron chi connectivity index (χ3n) is 4.99. The Morgan fingerprint density at radius 1 is 1.04 bits per heavy atom. The Labute approximate surface area is 147 Å². The van der Waals surface area contributed by atoms with Crippen LogP contribution in [0.4, 0.5) is 0 Å². The van der Waals surface area contributed by atoms with Crippen LogP contribution in [0.5, 0.6) is 0 Å². The molecule has 0 spiro atoms. The molecule has 0 aromatic carbocycles. The molecule has 0 radical (unpaired) electrons.